The first kappa shape index (κ1) is 16.9. The van der Waals surface area contributed by atoms with Gasteiger partial charge in [-0.25, -0.2) is 0 Å². The van der Waals surface area contributed by atoms with Gasteiger partial charge in [-0.1, -0.05) is 11.6 Å². The quantitative estimate of drug-likeness (QED) is 0.370. The highest BCUT2D eigenvalue weighted by molar-refractivity contribution is 6.30. The molecule has 0 aliphatic carbocycles. The number of amides is 2. The Hall–Kier alpha value is -2.47. The number of benzene rings is 1. The largest absolute Gasteiger partial charge is 0.465 e. The van der Waals surface area contributed by atoms with Crippen LogP contribution >= 0.6 is 11.6 Å². The second-order valence-electron chi connectivity index (χ2n) is 4.87. The Kier molecular flexibility index (Phi) is 5.28. The summed E-state index contributed by atoms with van der Waals surface area (Å²) in [5, 5.41) is 2.53. The van der Waals surface area contributed by atoms with Crippen molar-refractivity contribution in [2.45, 2.75) is 13.3 Å². The van der Waals surface area contributed by atoms with Crippen LogP contribution in [-0.2, 0) is 19.1 Å². The predicted molar refractivity (Wildman–Crippen MR) is 81.8 cm³/mol. The third-order valence-corrected chi connectivity index (χ3v) is 3.53. The summed E-state index contributed by atoms with van der Waals surface area (Å²) in [5.41, 5.74) is 0.355. The van der Waals surface area contributed by atoms with E-state index in [2.05, 4.69) is 5.32 Å². The van der Waals surface area contributed by atoms with Gasteiger partial charge in [-0.15, -0.1) is 0 Å². The van der Waals surface area contributed by atoms with Crippen molar-refractivity contribution >= 4 is 35.2 Å². The minimum absolute atomic E-state index is 0.0790. The van der Waals surface area contributed by atoms with E-state index in [4.69, 9.17) is 16.3 Å². The number of rotatable bonds is 6. The first-order valence-electron chi connectivity index (χ1n) is 6.94. The van der Waals surface area contributed by atoms with Gasteiger partial charge in [-0.05, 0) is 37.6 Å². The van der Waals surface area contributed by atoms with E-state index < -0.39 is 29.5 Å². The Morgan fingerprint density at radius 3 is 2.39 bits per heavy atom. The highest BCUT2D eigenvalue weighted by atomic mass is 35.5. The fourth-order valence-corrected chi connectivity index (χ4v) is 2.29. The number of Topliss-reactive ketones (excluding diaryl/α,β-unsaturated/α-hetero) is 1. The Bertz CT molecular complexity index is 693. The van der Waals surface area contributed by atoms with Gasteiger partial charge in [-0.2, -0.15) is 0 Å². The second kappa shape index (κ2) is 7.19. The molecule has 1 aromatic rings. The van der Waals surface area contributed by atoms with Gasteiger partial charge >= 0.3 is 5.97 Å². The molecule has 0 bridgehead atoms. The average molecular weight is 336 g/mol. The van der Waals surface area contributed by atoms with E-state index in [-0.39, 0.29) is 24.2 Å². The molecule has 0 spiro atoms. The number of carbonyl (C=O) groups is 4. The van der Waals surface area contributed by atoms with Crippen molar-refractivity contribution in [1.29, 1.82) is 0 Å². The lowest BCUT2D eigenvalue weighted by Crippen LogP contribution is -2.29. The maximum Gasteiger partial charge on any atom is 0.317 e. The molecule has 120 valence electrons. The van der Waals surface area contributed by atoms with Crippen LogP contribution in [0.25, 0.3) is 0 Å². The SMILES string of the molecule is CCOC(=O)C(CC1=CC(=O)NC1=O)C(=O)c1ccc(Cl)cc1. The summed E-state index contributed by atoms with van der Waals surface area (Å²) in [6.07, 6.45) is 0.890. The highest BCUT2D eigenvalue weighted by Crippen LogP contribution is 2.22. The average Bonchev–Trinajstić information content (AvgIpc) is 2.82. The summed E-state index contributed by atoms with van der Waals surface area (Å²) in [6.45, 7) is 1.72. The summed E-state index contributed by atoms with van der Waals surface area (Å²) >= 11 is 5.78. The highest BCUT2D eigenvalue weighted by Gasteiger charge is 2.33. The van der Waals surface area contributed by atoms with Crippen LogP contribution in [0.1, 0.15) is 23.7 Å². The van der Waals surface area contributed by atoms with E-state index in [1.807, 2.05) is 0 Å². The van der Waals surface area contributed by atoms with Crippen LogP contribution < -0.4 is 5.32 Å². The molecule has 1 atom stereocenters. The van der Waals surface area contributed by atoms with E-state index in [9.17, 15) is 19.2 Å². The van der Waals surface area contributed by atoms with Crippen molar-refractivity contribution in [2.75, 3.05) is 6.61 Å². The molecular weight excluding hydrogens is 322 g/mol. The molecular formula is C16H14ClNO5. The third kappa shape index (κ3) is 4.04. The van der Waals surface area contributed by atoms with Crippen molar-refractivity contribution in [3.05, 3.63) is 46.5 Å². The van der Waals surface area contributed by atoms with Crippen LogP contribution in [0.4, 0.5) is 0 Å². The Balaban J connectivity index is 2.27. The van der Waals surface area contributed by atoms with E-state index in [0.717, 1.165) is 6.08 Å². The molecule has 7 heteroatoms. The standard InChI is InChI=1S/C16H14ClNO5/c1-2-23-16(22)12(7-10-8-13(19)18-15(10)21)14(20)9-3-5-11(17)6-4-9/h3-6,8,12H,2,7H2,1H3,(H,18,19,21). The van der Waals surface area contributed by atoms with Gasteiger partial charge < -0.3 is 4.74 Å². The summed E-state index contributed by atoms with van der Waals surface area (Å²) < 4.78 is 4.91. The number of hydrogen-bond acceptors (Lipinski definition) is 5. The van der Waals surface area contributed by atoms with Gasteiger partial charge in [0.1, 0.15) is 5.92 Å². The van der Waals surface area contributed by atoms with Crippen LogP contribution in [0.2, 0.25) is 5.02 Å². The molecule has 2 amide bonds. The molecule has 0 aromatic heterocycles. The molecule has 1 N–H and O–H groups in total. The number of hydrogen-bond donors (Lipinski definition) is 1. The molecule has 1 unspecified atom stereocenters. The Morgan fingerprint density at radius 2 is 1.87 bits per heavy atom. The van der Waals surface area contributed by atoms with Crippen molar-refractivity contribution in [3.63, 3.8) is 0 Å². The maximum atomic E-state index is 12.6. The minimum Gasteiger partial charge on any atom is -0.465 e. The van der Waals surface area contributed by atoms with Gasteiger partial charge in [0, 0.05) is 22.2 Å². The fourth-order valence-electron chi connectivity index (χ4n) is 2.16. The molecule has 1 aliphatic heterocycles. The lowest BCUT2D eigenvalue weighted by Gasteiger charge is -2.14. The van der Waals surface area contributed by atoms with Gasteiger partial charge in [-0.3, -0.25) is 24.5 Å². The molecule has 1 heterocycles. The normalized spacial score (nSPS) is 15.0. The molecule has 2 rings (SSSR count). The van der Waals surface area contributed by atoms with Gasteiger partial charge in [0.15, 0.2) is 5.78 Å². The first-order chi connectivity index (χ1) is 10.9. The van der Waals surface area contributed by atoms with Crippen LogP contribution in [0.5, 0.6) is 0 Å². The smallest absolute Gasteiger partial charge is 0.317 e. The molecule has 1 aromatic carbocycles. The monoisotopic (exact) mass is 335 g/mol. The Morgan fingerprint density at radius 1 is 1.22 bits per heavy atom. The van der Waals surface area contributed by atoms with Crippen molar-refractivity contribution in [3.8, 4) is 0 Å². The third-order valence-electron chi connectivity index (χ3n) is 3.27. The molecule has 0 saturated carbocycles. The van der Waals surface area contributed by atoms with E-state index >= 15 is 0 Å². The number of esters is 1. The number of nitrogens with one attached hydrogen (secondary N) is 1. The first-order valence-corrected chi connectivity index (χ1v) is 7.32. The zero-order chi connectivity index (χ0) is 17.0. The van der Waals surface area contributed by atoms with Crippen molar-refractivity contribution in [2.24, 2.45) is 5.92 Å². The summed E-state index contributed by atoms with van der Waals surface area (Å²) in [4.78, 5) is 47.5. The van der Waals surface area contributed by atoms with Crippen molar-refractivity contribution < 1.29 is 23.9 Å². The lowest BCUT2D eigenvalue weighted by atomic mass is 9.91. The van der Waals surface area contributed by atoms with Crippen LogP contribution in [0, 0.1) is 5.92 Å². The van der Waals surface area contributed by atoms with Gasteiger partial charge in [0.05, 0.1) is 6.61 Å². The van der Waals surface area contributed by atoms with E-state index in [0.29, 0.717) is 5.02 Å². The van der Waals surface area contributed by atoms with Crippen LogP contribution in [0.15, 0.2) is 35.9 Å². The van der Waals surface area contributed by atoms with Crippen molar-refractivity contribution in [1.82, 2.24) is 5.32 Å². The second-order valence-corrected chi connectivity index (χ2v) is 5.30. The number of ketones is 1. The summed E-state index contributed by atoms with van der Waals surface area (Å²) in [5.74, 6) is -3.59. The molecule has 0 fully saturated rings. The molecule has 0 saturated heterocycles. The number of halogens is 1. The molecule has 1 aliphatic rings. The van der Waals surface area contributed by atoms with Gasteiger partial charge in [0.2, 0.25) is 0 Å². The summed E-state index contributed by atoms with van der Waals surface area (Å²) in [7, 11) is 0. The van der Waals surface area contributed by atoms with Gasteiger partial charge in [0.25, 0.3) is 11.8 Å². The number of ether oxygens (including phenoxy) is 1. The molecule has 6 nitrogen and oxygen atoms in total. The lowest BCUT2D eigenvalue weighted by molar-refractivity contribution is -0.146. The topological polar surface area (TPSA) is 89.5 Å². The minimum atomic E-state index is -1.20. The fraction of sp³-hybridized carbons (Fsp3) is 0.250. The van der Waals surface area contributed by atoms with Crippen LogP contribution in [0.3, 0.4) is 0 Å². The molecule has 23 heavy (non-hydrogen) atoms. The van der Waals surface area contributed by atoms with Crippen LogP contribution in [-0.4, -0.2) is 30.2 Å². The van der Waals surface area contributed by atoms with E-state index in [1.165, 1.54) is 24.3 Å². The number of carbonyl (C=O) groups excluding carboxylic acids is 4. The van der Waals surface area contributed by atoms with E-state index in [1.54, 1.807) is 6.92 Å². The Labute approximate surface area is 137 Å². The zero-order valence-corrected chi connectivity index (χ0v) is 13.1. The molecule has 0 radical (unpaired) electrons. The maximum absolute atomic E-state index is 12.6. The summed E-state index contributed by atoms with van der Waals surface area (Å²) in [6, 6.07) is 6.04. The number of imide groups is 1. The zero-order valence-electron chi connectivity index (χ0n) is 12.3. The predicted octanol–water partition coefficient (Wildman–Crippen LogP) is 1.67.